The van der Waals surface area contributed by atoms with Crippen molar-refractivity contribution >= 4 is 12.0 Å². The fraction of sp³-hybridized carbons (Fsp3) is 0.867. The summed E-state index contributed by atoms with van der Waals surface area (Å²) < 4.78 is 0. The molecule has 2 bridgehead atoms. The quantitative estimate of drug-likeness (QED) is 0.797. The Morgan fingerprint density at radius 1 is 1.29 bits per heavy atom. The molecule has 3 rings (SSSR count). The van der Waals surface area contributed by atoms with E-state index in [0.29, 0.717) is 12.1 Å². The molecule has 1 saturated heterocycles. The Labute approximate surface area is 125 Å². The fourth-order valence-electron chi connectivity index (χ4n) is 4.11. The minimum absolute atomic E-state index is 0.0898. The van der Waals surface area contributed by atoms with Crippen molar-refractivity contribution in [1.82, 2.24) is 15.1 Å². The first-order chi connectivity index (χ1) is 10.1. The minimum Gasteiger partial charge on any atom is -0.480 e. The van der Waals surface area contributed by atoms with Gasteiger partial charge in [-0.25, -0.2) is 4.79 Å². The number of likely N-dealkylation sites (tertiary alicyclic amines) is 1. The van der Waals surface area contributed by atoms with Crippen molar-refractivity contribution in [2.24, 2.45) is 5.92 Å². The Morgan fingerprint density at radius 3 is 2.57 bits per heavy atom. The average molecular weight is 295 g/mol. The molecule has 21 heavy (non-hydrogen) atoms. The molecule has 2 N–H and O–H groups in total. The van der Waals surface area contributed by atoms with E-state index >= 15 is 0 Å². The topological polar surface area (TPSA) is 72.9 Å². The van der Waals surface area contributed by atoms with Crippen LogP contribution in [-0.2, 0) is 4.79 Å². The van der Waals surface area contributed by atoms with E-state index in [1.807, 2.05) is 16.7 Å². The standard InChI is InChI=1S/C15H25N3O3/c1-2-17(9-14(19)20)13-6-11(7-13)16-15(21)18-8-10-3-4-12(18)5-10/h10-13H,2-9H2,1H3,(H,16,21)(H,19,20). The number of rotatable bonds is 5. The van der Waals surface area contributed by atoms with Gasteiger partial charge in [-0.15, -0.1) is 0 Å². The zero-order valence-electron chi connectivity index (χ0n) is 12.6. The van der Waals surface area contributed by atoms with Gasteiger partial charge in [-0.2, -0.15) is 0 Å². The molecule has 1 aliphatic heterocycles. The number of nitrogens with one attached hydrogen (secondary N) is 1. The normalized spacial score (nSPS) is 34.1. The molecule has 2 atom stereocenters. The van der Waals surface area contributed by atoms with Crippen LogP contribution in [0.2, 0.25) is 0 Å². The monoisotopic (exact) mass is 295 g/mol. The van der Waals surface area contributed by atoms with Crippen LogP contribution in [0.1, 0.15) is 39.0 Å². The summed E-state index contributed by atoms with van der Waals surface area (Å²) in [6, 6.07) is 1.06. The molecule has 0 aromatic rings. The second-order valence-electron chi connectivity index (χ2n) is 6.71. The number of piperidine rings is 1. The summed E-state index contributed by atoms with van der Waals surface area (Å²) in [7, 11) is 0. The van der Waals surface area contributed by atoms with Gasteiger partial charge in [-0.3, -0.25) is 9.69 Å². The van der Waals surface area contributed by atoms with Crippen LogP contribution in [0.3, 0.4) is 0 Å². The zero-order chi connectivity index (χ0) is 15.0. The molecule has 6 nitrogen and oxygen atoms in total. The molecule has 0 aromatic carbocycles. The number of hydrogen-bond acceptors (Lipinski definition) is 3. The van der Waals surface area contributed by atoms with E-state index in [1.165, 1.54) is 12.8 Å². The van der Waals surface area contributed by atoms with Crippen molar-refractivity contribution < 1.29 is 14.7 Å². The van der Waals surface area contributed by atoms with Gasteiger partial charge in [-0.1, -0.05) is 6.92 Å². The van der Waals surface area contributed by atoms with E-state index < -0.39 is 5.97 Å². The fourth-order valence-corrected chi connectivity index (χ4v) is 4.11. The summed E-state index contributed by atoms with van der Waals surface area (Å²) in [5, 5.41) is 12.0. The molecule has 2 aliphatic carbocycles. The van der Waals surface area contributed by atoms with Gasteiger partial charge in [0.25, 0.3) is 0 Å². The predicted octanol–water partition coefficient (Wildman–Crippen LogP) is 1.12. The number of fused-ring (bicyclic) bond motifs is 2. The third kappa shape index (κ3) is 3.00. The number of carboxylic acids is 1. The van der Waals surface area contributed by atoms with Crippen LogP contribution >= 0.6 is 0 Å². The zero-order valence-corrected chi connectivity index (χ0v) is 12.6. The Morgan fingerprint density at radius 2 is 2.05 bits per heavy atom. The summed E-state index contributed by atoms with van der Waals surface area (Å²) in [5.74, 6) is -0.0570. The first-order valence-corrected chi connectivity index (χ1v) is 8.09. The van der Waals surface area contributed by atoms with E-state index in [4.69, 9.17) is 5.11 Å². The van der Waals surface area contributed by atoms with Crippen LogP contribution in [0.15, 0.2) is 0 Å². The Hall–Kier alpha value is -1.30. The molecule has 2 saturated carbocycles. The van der Waals surface area contributed by atoms with Gasteiger partial charge in [0.15, 0.2) is 0 Å². The number of carbonyl (C=O) groups excluding carboxylic acids is 1. The molecule has 3 aliphatic rings. The van der Waals surface area contributed by atoms with Gasteiger partial charge in [0.05, 0.1) is 6.54 Å². The van der Waals surface area contributed by atoms with E-state index in [0.717, 1.165) is 38.3 Å². The summed E-state index contributed by atoms with van der Waals surface area (Å²) >= 11 is 0. The second-order valence-corrected chi connectivity index (χ2v) is 6.71. The van der Waals surface area contributed by atoms with Gasteiger partial charge >= 0.3 is 12.0 Å². The number of nitrogens with zero attached hydrogens (tertiary/aromatic N) is 2. The van der Waals surface area contributed by atoms with Crippen LogP contribution in [0.4, 0.5) is 4.79 Å². The van der Waals surface area contributed by atoms with Crippen molar-refractivity contribution in [3.05, 3.63) is 0 Å². The summed E-state index contributed by atoms with van der Waals surface area (Å²) in [4.78, 5) is 27.1. The highest BCUT2D eigenvalue weighted by Gasteiger charge is 2.42. The first-order valence-electron chi connectivity index (χ1n) is 8.09. The van der Waals surface area contributed by atoms with Gasteiger partial charge < -0.3 is 15.3 Å². The minimum atomic E-state index is -0.780. The lowest BCUT2D eigenvalue weighted by molar-refractivity contribution is -0.139. The Bertz CT molecular complexity index is 422. The van der Waals surface area contributed by atoms with E-state index in [2.05, 4.69) is 5.32 Å². The molecular weight excluding hydrogens is 270 g/mol. The molecule has 6 heteroatoms. The maximum Gasteiger partial charge on any atom is 0.317 e. The lowest BCUT2D eigenvalue weighted by atomic mass is 9.85. The Balaban J connectivity index is 1.42. The molecule has 1 heterocycles. The van der Waals surface area contributed by atoms with Gasteiger partial charge in [0.2, 0.25) is 0 Å². The molecule has 118 valence electrons. The Kier molecular flexibility index (Phi) is 4.06. The number of likely N-dealkylation sites (N-methyl/N-ethyl adjacent to an activating group) is 1. The lowest BCUT2D eigenvalue weighted by Gasteiger charge is -2.43. The third-order valence-corrected chi connectivity index (χ3v) is 5.37. The highest BCUT2D eigenvalue weighted by Crippen LogP contribution is 2.37. The van der Waals surface area contributed by atoms with Gasteiger partial charge in [0, 0.05) is 24.7 Å². The summed E-state index contributed by atoms with van der Waals surface area (Å²) in [6.07, 6.45) is 5.36. The third-order valence-electron chi connectivity index (χ3n) is 5.37. The van der Waals surface area contributed by atoms with Crippen molar-refractivity contribution in [3.8, 4) is 0 Å². The molecule has 2 unspecified atom stereocenters. The number of hydrogen-bond donors (Lipinski definition) is 2. The maximum absolute atomic E-state index is 12.3. The number of urea groups is 1. The number of aliphatic carboxylic acids is 1. The summed E-state index contributed by atoms with van der Waals surface area (Å²) in [6.45, 7) is 3.74. The number of carbonyl (C=O) groups is 2. The van der Waals surface area contributed by atoms with Crippen molar-refractivity contribution in [3.63, 3.8) is 0 Å². The van der Waals surface area contributed by atoms with E-state index in [9.17, 15) is 9.59 Å². The van der Waals surface area contributed by atoms with Crippen LogP contribution in [0, 0.1) is 5.92 Å². The molecule has 0 radical (unpaired) electrons. The van der Waals surface area contributed by atoms with Crippen molar-refractivity contribution in [2.45, 2.75) is 57.2 Å². The molecular formula is C15H25N3O3. The smallest absolute Gasteiger partial charge is 0.317 e. The molecule has 0 aromatic heterocycles. The molecule has 3 fully saturated rings. The van der Waals surface area contributed by atoms with E-state index in [1.54, 1.807) is 0 Å². The second kappa shape index (κ2) is 5.83. The van der Waals surface area contributed by atoms with Crippen molar-refractivity contribution in [1.29, 1.82) is 0 Å². The van der Waals surface area contributed by atoms with Crippen LogP contribution in [-0.4, -0.2) is 64.7 Å². The first kappa shape index (κ1) is 14.6. The highest BCUT2D eigenvalue weighted by molar-refractivity contribution is 5.75. The van der Waals surface area contributed by atoms with Crippen molar-refractivity contribution in [2.75, 3.05) is 19.6 Å². The predicted molar refractivity (Wildman–Crippen MR) is 78.1 cm³/mol. The van der Waals surface area contributed by atoms with E-state index in [-0.39, 0.29) is 18.6 Å². The SMILES string of the molecule is CCN(CC(=O)O)C1CC(NC(=O)N2CC3CCC2C3)C1. The highest BCUT2D eigenvalue weighted by atomic mass is 16.4. The lowest BCUT2D eigenvalue weighted by Crippen LogP contribution is -2.57. The molecule has 0 spiro atoms. The number of amides is 2. The molecule has 2 amide bonds. The average Bonchev–Trinajstić information content (AvgIpc) is 3.02. The summed E-state index contributed by atoms with van der Waals surface area (Å²) in [5.41, 5.74) is 0. The van der Waals surface area contributed by atoms with Crippen LogP contribution in [0.5, 0.6) is 0 Å². The van der Waals surface area contributed by atoms with Gasteiger partial charge in [0.1, 0.15) is 0 Å². The maximum atomic E-state index is 12.3. The van der Waals surface area contributed by atoms with Crippen LogP contribution < -0.4 is 5.32 Å². The number of carboxylic acid groups (broad SMARTS) is 1. The largest absolute Gasteiger partial charge is 0.480 e. The van der Waals surface area contributed by atoms with Crippen LogP contribution in [0.25, 0.3) is 0 Å². The van der Waals surface area contributed by atoms with Gasteiger partial charge in [-0.05, 0) is 44.6 Å².